The lowest BCUT2D eigenvalue weighted by molar-refractivity contribution is -0.385. The summed E-state index contributed by atoms with van der Waals surface area (Å²) in [6, 6.07) is 4.39. The summed E-state index contributed by atoms with van der Waals surface area (Å²) in [5.41, 5.74) is 6.67. The first-order valence-corrected chi connectivity index (χ1v) is 5.75. The standard InChI is InChI=1S/C11H9FN2O2S.ClH/c12-8-1-2-10(14(15)16)9(5-8)11(13)7-3-4-17-6-7;/h1-6,11H,13H2;1H/t11-;/m0./s1. The summed E-state index contributed by atoms with van der Waals surface area (Å²) < 4.78 is 13.1. The zero-order valence-corrected chi connectivity index (χ0v) is 10.7. The highest BCUT2D eigenvalue weighted by Gasteiger charge is 2.21. The molecular formula is C11H10ClFN2O2S. The zero-order valence-electron chi connectivity index (χ0n) is 9.08. The molecular weight excluding hydrogens is 279 g/mol. The molecule has 2 aromatic rings. The van der Waals surface area contributed by atoms with Crippen LogP contribution in [0.5, 0.6) is 0 Å². The minimum Gasteiger partial charge on any atom is -0.320 e. The minimum absolute atomic E-state index is 0. The molecule has 1 aromatic carbocycles. The third-order valence-electron chi connectivity index (χ3n) is 2.42. The van der Waals surface area contributed by atoms with E-state index in [9.17, 15) is 14.5 Å². The Kier molecular flexibility index (Phi) is 4.77. The van der Waals surface area contributed by atoms with Crippen molar-refractivity contribution < 1.29 is 9.31 Å². The van der Waals surface area contributed by atoms with Crippen LogP contribution in [0.15, 0.2) is 35.0 Å². The van der Waals surface area contributed by atoms with Crippen LogP contribution in [-0.2, 0) is 0 Å². The van der Waals surface area contributed by atoms with Crippen molar-refractivity contribution in [3.8, 4) is 0 Å². The largest absolute Gasteiger partial charge is 0.320 e. The van der Waals surface area contributed by atoms with Gasteiger partial charge in [-0.15, -0.1) is 12.4 Å². The first-order chi connectivity index (χ1) is 8.09. The van der Waals surface area contributed by atoms with Crippen LogP contribution >= 0.6 is 23.7 Å². The SMILES string of the molecule is Cl.N[C@@H](c1ccsc1)c1cc(F)ccc1[N+](=O)[O-]. The molecule has 4 nitrogen and oxygen atoms in total. The van der Waals surface area contributed by atoms with Crippen LogP contribution in [0.3, 0.4) is 0 Å². The maximum absolute atomic E-state index is 13.1. The first kappa shape index (κ1) is 14.6. The van der Waals surface area contributed by atoms with E-state index < -0.39 is 16.8 Å². The van der Waals surface area contributed by atoms with Gasteiger partial charge in [0.05, 0.1) is 16.5 Å². The molecule has 1 atom stereocenters. The lowest BCUT2D eigenvalue weighted by Gasteiger charge is -2.10. The predicted molar refractivity (Wildman–Crippen MR) is 70.7 cm³/mol. The summed E-state index contributed by atoms with van der Waals surface area (Å²) in [5.74, 6) is -0.531. The number of nitro groups is 1. The molecule has 0 aliphatic rings. The van der Waals surface area contributed by atoms with Gasteiger partial charge in [0, 0.05) is 6.07 Å². The van der Waals surface area contributed by atoms with Crippen molar-refractivity contribution in [2.24, 2.45) is 5.73 Å². The Morgan fingerprint density at radius 1 is 1.39 bits per heavy atom. The van der Waals surface area contributed by atoms with E-state index in [1.807, 2.05) is 5.38 Å². The van der Waals surface area contributed by atoms with Gasteiger partial charge >= 0.3 is 0 Å². The summed E-state index contributed by atoms with van der Waals surface area (Å²) >= 11 is 1.44. The van der Waals surface area contributed by atoms with E-state index in [4.69, 9.17) is 5.73 Å². The molecule has 7 heteroatoms. The van der Waals surface area contributed by atoms with Gasteiger partial charge in [0.2, 0.25) is 0 Å². The Bertz CT molecular complexity index is 548. The minimum atomic E-state index is -0.683. The van der Waals surface area contributed by atoms with Gasteiger partial charge < -0.3 is 5.73 Å². The molecule has 0 saturated heterocycles. The van der Waals surface area contributed by atoms with Gasteiger partial charge in [-0.2, -0.15) is 11.3 Å². The smallest absolute Gasteiger partial charge is 0.274 e. The second-order valence-corrected chi connectivity index (χ2v) is 4.27. The fraction of sp³-hybridized carbons (Fsp3) is 0.0909. The summed E-state index contributed by atoms with van der Waals surface area (Å²) in [7, 11) is 0. The van der Waals surface area contributed by atoms with Crippen molar-refractivity contribution in [2.75, 3.05) is 0 Å². The number of nitrogens with two attached hydrogens (primary N) is 1. The van der Waals surface area contributed by atoms with Crippen LogP contribution in [0.1, 0.15) is 17.2 Å². The molecule has 1 heterocycles. The van der Waals surface area contributed by atoms with Crippen molar-refractivity contribution in [2.45, 2.75) is 6.04 Å². The summed E-state index contributed by atoms with van der Waals surface area (Å²) in [5, 5.41) is 14.4. The van der Waals surface area contributed by atoms with Crippen molar-refractivity contribution in [3.05, 3.63) is 62.1 Å². The number of halogens is 2. The van der Waals surface area contributed by atoms with E-state index >= 15 is 0 Å². The molecule has 0 spiro atoms. The maximum atomic E-state index is 13.1. The van der Waals surface area contributed by atoms with E-state index in [1.54, 1.807) is 11.4 Å². The highest BCUT2D eigenvalue weighted by atomic mass is 35.5. The molecule has 0 aliphatic heterocycles. The van der Waals surface area contributed by atoms with Gasteiger partial charge in [0.1, 0.15) is 5.82 Å². The van der Waals surface area contributed by atoms with Gasteiger partial charge in [-0.05, 0) is 34.5 Å². The first-order valence-electron chi connectivity index (χ1n) is 4.81. The van der Waals surface area contributed by atoms with Gasteiger partial charge in [-0.1, -0.05) is 0 Å². The Balaban J connectivity index is 0.00000162. The quantitative estimate of drug-likeness (QED) is 0.696. The zero-order chi connectivity index (χ0) is 12.4. The highest BCUT2D eigenvalue weighted by molar-refractivity contribution is 7.08. The number of rotatable bonds is 3. The molecule has 0 bridgehead atoms. The van der Waals surface area contributed by atoms with Gasteiger partial charge in [-0.25, -0.2) is 4.39 Å². The molecule has 0 fully saturated rings. The van der Waals surface area contributed by atoms with Crippen LogP contribution in [0.2, 0.25) is 0 Å². The van der Waals surface area contributed by atoms with Gasteiger partial charge in [0.15, 0.2) is 0 Å². The van der Waals surface area contributed by atoms with Crippen molar-refractivity contribution >= 4 is 29.4 Å². The molecule has 0 radical (unpaired) electrons. The Labute approximate surface area is 113 Å². The third kappa shape index (κ3) is 2.84. The second-order valence-electron chi connectivity index (χ2n) is 3.49. The third-order valence-corrected chi connectivity index (χ3v) is 3.13. The topological polar surface area (TPSA) is 69.2 Å². The van der Waals surface area contributed by atoms with E-state index in [0.717, 1.165) is 23.8 Å². The molecule has 0 unspecified atom stereocenters. The van der Waals surface area contributed by atoms with Gasteiger partial charge in [-0.3, -0.25) is 10.1 Å². The van der Waals surface area contributed by atoms with E-state index in [0.29, 0.717) is 0 Å². The van der Waals surface area contributed by atoms with Crippen LogP contribution in [0, 0.1) is 15.9 Å². The normalized spacial score (nSPS) is 11.7. The molecule has 18 heavy (non-hydrogen) atoms. The average molecular weight is 289 g/mol. The van der Waals surface area contributed by atoms with Crippen molar-refractivity contribution in [1.29, 1.82) is 0 Å². The van der Waals surface area contributed by atoms with Crippen LogP contribution < -0.4 is 5.73 Å². The number of nitro benzene ring substituents is 1. The van der Waals surface area contributed by atoms with Crippen LogP contribution in [0.4, 0.5) is 10.1 Å². The molecule has 0 amide bonds. The summed E-state index contributed by atoms with van der Waals surface area (Å²) in [6.45, 7) is 0. The fourth-order valence-corrected chi connectivity index (χ4v) is 2.27. The highest BCUT2D eigenvalue weighted by Crippen LogP contribution is 2.29. The van der Waals surface area contributed by atoms with Crippen molar-refractivity contribution in [3.63, 3.8) is 0 Å². The molecule has 0 aliphatic carbocycles. The fourth-order valence-electron chi connectivity index (χ4n) is 1.57. The lowest BCUT2D eigenvalue weighted by atomic mass is 10.0. The number of thiophene rings is 1. The monoisotopic (exact) mass is 288 g/mol. The Hall–Kier alpha value is -1.50. The Morgan fingerprint density at radius 2 is 2.11 bits per heavy atom. The average Bonchev–Trinajstić information content (AvgIpc) is 2.80. The summed E-state index contributed by atoms with van der Waals surface area (Å²) in [4.78, 5) is 10.3. The molecule has 96 valence electrons. The van der Waals surface area contributed by atoms with E-state index in [1.165, 1.54) is 11.3 Å². The maximum Gasteiger partial charge on any atom is 0.274 e. The number of hydrogen-bond donors (Lipinski definition) is 1. The number of nitrogens with zero attached hydrogens (tertiary/aromatic N) is 1. The Morgan fingerprint density at radius 3 is 2.67 bits per heavy atom. The molecule has 2 rings (SSSR count). The molecule has 1 aromatic heterocycles. The second kappa shape index (κ2) is 5.90. The van der Waals surface area contributed by atoms with Gasteiger partial charge in [0.25, 0.3) is 5.69 Å². The molecule has 2 N–H and O–H groups in total. The van der Waals surface area contributed by atoms with Crippen LogP contribution in [0.25, 0.3) is 0 Å². The van der Waals surface area contributed by atoms with E-state index in [-0.39, 0.29) is 23.7 Å². The number of benzene rings is 1. The molecule has 0 saturated carbocycles. The van der Waals surface area contributed by atoms with E-state index in [2.05, 4.69) is 0 Å². The lowest BCUT2D eigenvalue weighted by Crippen LogP contribution is -2.13. The van der Waals surface area contributed by atoms with Crippen LogP contribution in [-0.4, -0.2) is 4.92 Å². The summed E-state index contributed by atoms with van der Waals surface area (Å²) in [6.07, 6.45) is 0. The van der Waals surface area contributed by atoms with Crippen molar-refractivity contribution in [1.82, 2.24) is 0 Å². The predicted octanol–water partition coefficient (Wildman–Crippen LogP) is 3.27. The number of hydrogen-bond acceptors (Lipinski definition) is 4.